The van der Waals surface area contributed by atoms with Crippen molar-refractivity contribution < 1.29 is 0 Å². The van der Waals surface area contributed by atoms with Gasteiger partial charge >= 0.3 is 0 Å². The summed E-state index contributed by atoms with van der Waals surface area (Å²) in [4.78, 5) is 1.19. The predicted octanol–water partition coefficient (Wildman–Crippen LogP) is 3.04. The number of rotatable bonds is 3. The highest BCUT2D eigenvalue weighted by molar-refractivity contribution is 7.98. The zero-order chi connectivity index (χ0) is 16.2. The monoisotopic (exact) mass is 364 g/mol. The summed E-state index contributed by atoms with van der Waals surface area (Å²) in [7, 11) is 0. The van der Waals surface area contributed by atoms with Gasteiger partial charge in [0.15, 0.2) is 10.2 Å². The predicted molar refractivity (Wildman–Crippen MR) is 106 cm³/mol. The number of benzene rings is 1. The zero-order valence-electron chi connectivity index (χ0n) is 12.8. The molecule has 7 heteroatoms. The Balaban J connectivity index is 1.41. The lowest BCUT2D eigenvalue weighted by Gasteiger charge is -2.22. The maximum atomic E-state index is 5.33. The number of fused-ring (bicyclic) bond motifs is 2. The molecular formula is C16H20N4S3. The lowest BCUT2D eigenvalue weighted by atomic mass is 10.0. The number of anilines is 1. The van der Waals surface area contributed by atoms with E-state index in [1.54, 1.807) is 11.8 Å². The molecule has 2 aliphatic rings. The van der Waals surface area contributed by atoms with Crippen LogP contribution in [0, 0.1) is 11.8 Å². The maximum absolute atomic E-state index is 5.33. The highest BCUT2D eigenvalue weighted by atomic mass is 32.2. The van der Waals surface area contributed by atoms with Crippen LogP contribution in [-0.4, -0.2) is 22.5 Å². The van der Waals surface area contributed by atoms with Crippen molar-refractivity contribution >= 4 is 52.1 Å². The van der Waals surface area contributed by atoms with Crippen LogP contribution in [0.5, 0.6) is 0 Å². The third kappa shape index (κ3) is 4.37. The van der Waals surface area contributed by atoms with Gasteiger partial charge in [-0.05, 0) is 73.6 Å². The van der Waals surface area contributed by atoms with Crippen LogP contribution >= 0.6 is 36.2 Å². The molecule has 1 fully saturated rings. The van der Waals surface area contributed by atoms with Crippen molar-refractivity contribution in [2.45, 2.75) is 23.8 Å². The van der Waals surface area contributed by atoms with Gasteiger partial charge in [-0.2, -0.15) is 0 Å². The molecule has 3 rings (SSSR count). The van der Waals surface area contributed by atoms with Gasteiger partial charge in [0, 0.05) is 16.6 Å². The van der Waals surface area contributed by atoms with Crippen LogP contribution in [0.4, 0.5) is 5.69 Å². The molecule has 0 saturated heterocycles. The molecule has 4 nitrogen and oxygen atoms in total. The van der Waals surface area contributed by atoms with Crippen molar-refractivity contribution in [1.82, 2.24) is 16.2 Å². The molecule has 1 saturated carbocycles. The van der Waals surface area contributed by atoms with E-state index in [1.807, 2.05) is 18.4 Å². The molecule has 0 aromatic heterocycles. The van der Waals surface area contributed by atoms with Crippen LogP contribution in [0.2, 0.25) is 0 Å². The molecule has 4 N–H and O–H groups in total. The first-order chi connectivity index (χ1) is 11.1. The summed E-state index contributed by atoms with van der Waals surface area (Å²) in [6, 6.07) is 8.53. The summed E-state index contributed by atoms with van der Waals surface area (Å²) in [5.41, 5.74) is 6.84. The Morgan fingerprint density at radius 2 is 1.96 bits per heavy atom. The minimum absolute atomic E-state index is 0.437. The molecule has 0 spiro atoms. The van der Waals surface area contributed by atoms with Gasteiger partial charge in [0.05, 0.1) is 0 Å². The van der Waals surface area contributed by atoms with Crippen LogP contribution in [-0.2, 0) is 0 Å². The van der Waals surface area contributed by atoms with Crippen molar-refractivity contribution in [3.8, 4) is 0 Å². The van der Waals surface area contributed by atoms with E-state index in [-0.39, 0.29) is 0 Å². The van der Waals surface area contributed by atoms with E-state index in [0.29, 0.717) is 22.2 Å². The average molecular weight is 365 g/mol. The van der Waals surface area contributed by atoms with Gasteiger partial charge in [-0.1, -0.05) is 18.2 Å². The molecule has 0 amide bonds. The van der Waals surface area contributed by atoms with Gasteiger partial charge in [0.1, 0.15) is 0 Å². The summed E-state index contributed by atoms with van der Waals surface area (Å²) >= 11 is 12.3. The highest BCUT2D eigenvalue weighted by Crippen LogP contribution is 2.38. The van der Waals surface area contributed by atoms with E-state index in [2.05, 4.69) is 45.8 Å². The van der Waals surface area contributed by atoms with Crippen LogP contribution in [0.1, 0.15) is 12.8 Å². The molecule has 0 heterocycles. The van der Waals surface area contributed by atoms with Crippen LogP contribution in [0.25, 0.3) is 0 Å². The Morgan fingerprint density at radius 1 is 1.13 bits per heavy atom. The van der Waals surface area contributed by atoms with Gasteiger partial charge in [-0.25, -0.2) is 0 Å². The highest BCUT2D eigenvalue weighted by Gasteiger charge is 2.35. The van der Waals surface area contributed by atoms with Crippen molar-refractivity contribution in [1.29, 1.82) is 0 Å². The number of allylic oxidation sites excluding steroid dienone is 1. The van der Waals surface area contributed by atoms with Gasteiger partial charge in [0.2, 0.25) is 0 Å². The first-order valence-corrected chi connectivity index (χ1v) is 9.64. The van der Waals surface area contributed by atoms with E-state index in [9.17, 15) is 0 Å². The number of thioether (sulfide) groups is 1. The van der Waals surface area contributed by atoms with Crippen LogP contribution < -0.4 is 21.5 Å². The number of hydrogen-bond acceptors (Lipinski definition) is 3. The number of hydrogen-bond donors (Lipinski definition) is 4. The van der Waals surface area contributed by atoms with Gasteiger partial charge in [-0.15, -0.1) is 11.8 Å². The van der Waals surface area contributed by atoms with Gasteiger partial charge in [-0.3, -0.25) is 10.9 Å². The summed E-state index contributed by atoms with van der Waals surface area (Å²) in [5.74, 6) is 1.33. The maximum Gasteiger partial charge on any atom is 0.189 e. The van der Waals surface area contributed by atoms with Crippen molar-refractivity contribution in [3.63, 3.8) is 0 Å². The van der Waals surface area contributed by atoms with Crippen molar-refractivity contribution in [3.05, 3.63) is 36.4 Å². The summed E-state index contributed by atoms with van der Waals surface area (Å²) in [6.07, 6.45) is 9.07. The number of nitrogens with one attached hydrogen (secondary N) is 4. The molecule has 1 aromatic carbocycles. The second-order valence-corrected chi connectivity index (χ2v) is 7.49. The minimum atomic E-state index is 0.437. The summed E-state index contributed by atoms with van der Waals surface area (Å²) in [5, 5.41) is 7.57. The third-order valence-corrected chi connectivity index (χ3v) is 5.36. The number of thiocarbonyl (C=S) groups is 2. The Morgan fingerprint density at radius 3 is 2.65 bits per heavy atom. The second-order valence-electron chi connectivity index (χ2n) is 5.80. The molecule has 0 aliphatic heterocycles. The molecule has 2 bridgehead atoms. The minimum Gasteiger partial charge on any atom is -0.358 e. The smallest absolute Gasteiger partial charge is 0.189 e. The first kappa shape index (κ1) is 16.5. The Hall–Kier alpha value is -1.31. The molecule has 3 atom stereocenters. The zero-order valence-corrected chi connectivity index (χ0v) is 15.3. The van der Waals surface area contributed by atoms with E-state index < -0.39 is 0 Å². The van der Waals surface area contributed by atoms with E-state index in [1.165, 1.54) is 11.3 Å². The molecule has 122 valence electrons. The number of hydrazine groups is 1. The lowest BCUT2D eigenvalue weighted by Crippen LogP contribution is -2.51. The van der Waals surface area contributed by atoms with Gasteiger partial charge < -0.3 is 10.6 Å². The van der Waals surface area contributed by atoms with Gasteiger partial charge in [0.25, 0.3) is 0 Å². The second kappa shape index (κ2) is 7.51. The Bertz CT molecular complexity index is 632. The normalized spacial score (nSPS) is 24.3. The topological polar surface area (TPSA) is 48.1 Å². The molecule has 0 radical (unpaired) electrons. The molecule has 1 aromatic rings. The molecule has 0 unspecified atom stereocenters. The SMILES string of the molecule is CSc1cccc(NC(=S)NNC(=S)N[C@H]2C[C@H]3C=C[C@H]2C3)c1. The Labute approximate surface area is 151 Å². The summed E-state index contributed by atoms with van der Waals surface area (Å²) in [6.45, 7) is 0. The third-order valence-electron chi connectivity index (χ3n) is 4.21. The quantitative estimate of drug-likeness (QED) is 0.285. The van der Waals surface area contributed by atoms with E-state index in [4.69, 9.17) is 24.4 Å². The standard InChI is InChI=1S/C16H20N4S3/c1-23-13-4-2-3-12(9-13)17-15(21)19-20-16(22)18-14-8-10-5-6-11(14)7-10/h2-6,9-11,14H,7-8H2,1H3,(H2,17,19,21)(H2,18,20,22)/t10-,11-,14-/m0/s1. The van der Waals surface area contributed by atoms with Crippen LogP contribution in [0.15, 0.2) is 41.3 Å². The molecule has 2 aliphatic carbocycles. The van der Waals surface area contributed by atoms with E-state index >= 15 is 0 Å². The first-order valence-electron chi connectivity index (χ1n) is 7.60. The lowest BCUT2D eigenvalue weighted by molar-refractivity contribution is 0.518. The molecular weight excluding hydrogens is 344 g/mol. The van der Waals surface area contributed by atoms with E-state index in [0.717, 1.165) is 18.0 Å². The molecule has 23 heavy (non-hydrogen) atoms. The Kier molecular flexibility index (Phi) is 5.40. The van der Waals surface area contributed by atoms with Crippen LogP contribution in [0.3, 0.4) is 0 Å². The van der Waals surface area contributed by atoms with Crippen molar-refractivity contribution in [2.75, 3.05) is 11.6 Å². The average Bonchev–Trinajstić information content (AvgIpc) is 3.16. The van der Waals surface area contributed by atoms with Crippen molar-refractivity contribution in [2.24, 2.45) is 11.8 Å². The largest absolute Gasteiger partial charge is 0.358 e. The fourth-order valence-electron chi connectivity index (χ4n) is 3.13. The fraction of sp³-hybridized carbons (Fsp3) is 0.375. The fourth-order valence-corrected chi connectivity index (χ4v) is 3.96. The summed E-state index contributed by atoms with van der Waals surface area (Å²) < 4.78 is 0.